The third-order valence-corrected chi connectivity index (χ3v) is 4.26. The molecule has 1 aromatic carbocycles. The third kappa shape index (κ3) is 2.95. The zero-order chi connectivity index (χ0) is 16.3. The van der Waals surface area contributed by atoms with Crippen LogP contribution in [0.3, 0.4) is 0 Å². The number of hydrogen-bond acceptors (Lipinski definition) is 3. The quantitative estimate of drug-likeness (QED) is 0.835. The summed E-state index contributed by atoms with van der Waals surface area (Å²) in [6.45, 7) is 1.45. The number of carboxylic acid groups (broad SMARTS) is 1. The maximum absolute atomic E-state index is 12.4. The molecule has 118 valence electrons. The van der Waals surface area contributed by atoms with Crippen molar-refractivity contribution < 1.29 is 19.5 Å². The molecule has 0 aliphatic heterocycles. The van der Waals surface area contributed by atoms with Gasteiger partial charge in [0.2, 0.25) is 11.8 Å². The molecule has 0 radical (unpaired) electrons. The molecule has 6 heteroatoms. The second kappa shape index (κ2) is 6.17. The Labute approximate surface area is 129 Å². The molecule has 0 saturated heterocycles. The molecule has 0 unspecified atom stereocenters. The zero-order valence-electron chi connectivity index (χ0n) is 12.8. The highest BCUT2D eigenvalue weighted by atomic mass is 16.4. The van der Waals surface area contributed by atoms with Gasteiger partial charge in [-0.3, -0.25) is 14.4 Å². The highest BCUT2D eigenvalue weighted by Crippen LogP contribution is 2.39. The summed E-state index contributed by atoms with van der Waals surface area (Å²) in [5, 5.41) is 12.1. The van der Waals surface area contributed by atoms with Crippen LogP contribution < -0.4 is 10.2 Å². The molecule has 0 bridgehead atoms. The molecule has 2 rings (SSSR count). The van der Waals surface area contributed by atoms with E-state index in [0.717, 1.165) is 12.8 Å². The Balaban J connectivity index is 2.20. The molecular weight excluding hydrogens is 284 g/mol. The average molecular weight is 304 g/mol. The Bertz CT molecular complexity index is 606. The Morgan fingerprint density at radius 1 is 1.23 bits per heavy atom. The van der Waals surface area contributed by atoms with E-state index in [1.807, 2.05) is 0 Å². The molecule has 0 aromatic heterocycles. The van der Waals surface area contributed by atoms with Crippen molar-refractivity contribution in [3.05, 3.63) is 24.3 Å². The van der Waals surface area contributed by atoms with E-state index in [2.05, 4.69) is 5.32 Å². The number of hydrogen-bond donors (Lipinski definition) is 2. The van der Waals surface area contributed by atoms with Crippen molar-refractivity contribution >= 4 is 29.2 Å². The van der Waals surface area contributed by atoms with E-state index in [0.29, 0.717) is 24.2 Å². The molecule has 0 heterocycles. The molecule has 1 aliphatic rings. The lowest BCUT2D eigenvalue weighted by atomic mass is 9.85. The summed E-state index contributed by atoms with van der Waals surface area (Å²) >= 11 is 0. The van der Waals surface area contributed by atoms with Gasteiger partial charge in [0.1, 0.15) is 5.41 Å². The number of anilines is 2. The Morgan fingerprint density at radius 2 is 1.86 bits per heavy atom. The summed E-state index contributed by atoms with van der Waals surface area (Å²) in [6, 6.07) is 6.80. The number of rotatable bonds is 4. The van der Waals surface area contributed by atoms with Gasteiger partial charge in [-0.1, -0.05) is 18.9 Å². The minimum Gasteiger partial charge on any atom is -0.480 e. The Hall–Kier alpha value is -2.37. The van der Waals surface area contributed by atoms with Gasteiger partial charge in [0.25, 0.3) is 0 Å². The molecule has 0 atom stereocenters. The zero-order valence-corrected chi connectivity index (χ0v) is 12.8. The van der Waals surface area contributed by atoms with Gasteiger partial charge >= 0.3 is 5.97 Å². The van der Waals surface area contributed by atoms with Crippen molar-refractivity contribution in [1.29, 1.82) is 0 Å². The molecule has 0 spiro atoms. The van der Waals surface area contributed by atoms with Crippen molar-refractivity contribution in [3.8, 4) is 0 Å². The largest absolute Gasteiger partial charge is 0.480 e. The molecule has 22 heavy (non-hydrogen) atoms. The summed E-state index contributed by atoms with van der Waals surface area (Å²) < 4.78 is 0. The highest BCUT2D eigenvalue weighted by Gasteiger charge is 2.48. The van der Waals surface area contributed by atoms with Gasteiger partial charge in [0, 0.05) is 25.3 Å². The highest BCUT2D eigenvalue weighted by molar-refractivity contribution is 6.08. The van der Waals surface area contributed by atoms with Crippen LogP contribution in [0.2, 0.25) is 0 Å². The summed E-state index contributed by atoms with van der Waals surface area (Å²) in [5.74, 6) is -1.68. The Morgan fingerprint density at radius 3 is 2.41 bits per heavy atom. The molecule has 1 aromatic rings. The van der Waals surface area contributed by atoms with Crippen molar-refractivity contribution in [1.82, 2.24) is 0 Å². The molecular formula is C16H20N2O4. The fourth-order valence-electron chi connectivity index (χ4n) is 2.74. The van der Waals surface area contributed by atoms with Crippen LogP contribution in [0.25, 0.3) is 0 Å². The van der Waals surface area contributed by atoms with Crippen LogP contribution in [0.1, 0.15) is 32.6 Å². The second-order valence-corrected chi connectivity index (χ2v) is 5.68. The maximum atomic E-state index is 12.4. The number of aliphatic carboxylic acids is 1. The van der Waals surface area contributed by atoms with Crippen LogP contribution in [0, 0.1) is 5.41 Å². The fourth-order valence-corrected chi connectivity index (χ4v) is 2.74. The standard InChI is InChI=1S/C16H20N2O4/c1-11(19)18(2)13-7-5-6-12(10-13)17-14(20)16(15(21)22)8-3-4-9-16/h5-7,10H,3-4,8-9H2,1-2H3,(H,17,20)(H,21,22). The van der Waals surface area contributed by atoms with Crippen molar-refractivity contribution in [2.24, 2.45) is 5.41 Å². The summed E-state index contributed by atoms with van der Waals surface area (Å²) in [5.41, 5.74) is -0.202. The van der Waals surface area contributed by atoms with Gasteiger partial charge in [0.15, 0.2) is 0 Å². The SMILES string of the molecule is CC(=O)N(C)c1cccc(NC(=O)C2(C(=O)O)CCCC2)c1. The molecule has 2 N–H and O–H groups in total. The van der Waals surface area contributed by atoms with E-state index in [4.69, 9.17) is 0 Å². The molecule has 1 aliphatic carbocycles. The fraction of sp³-hybridized carbons (Fsp3) is 0.438. The van der Waals surface area contributed by atoms with Crippen molar-refractivity contribution in [2.75, 3.05) is 17.3 Å². The lowest BCUT2D eigenvalue weighted by molar-refractivity contribution is -0.153. The van der Waals surface area contributed by atoms with Gasteiger partial charge in [-0.05, 0) is 31.0 Å². The van der Waals surface area contributed by atoms with E-state index in [1.54, 1.807) is 31.3 Å². The lowest BCUT2D eigenvalue weighted by Gasteiger charge is -2.23. The topological polar surface area (TPSA) is 86.7 Å². The van der Waals surface area contributed by atoms with Crippen LogP contribution >= 0.6 is 0 Å². The van der Waals surface area contributed by atoms with Crippen LogP contribution in [0.15, 0.2) is 24.3 Å². The van der Waals surface area contributed by atoms with Gasteiger partial charge in [-0.25, -0.2) is 0 Å². The minimum absolute atomic E-state index is 0.124. The first-order valence-corrected chi connectivity index (χ1v) is 7.26. The maximum Gasteiger partial charge on any atom is 0.319 e. The molecule has 6 nitrogen and oxygen atoms in total. The Kier molecular flexibility index (Phi) is 4.49. The number of nitrogens with one attached hydrogen (secondary N) is 1. The van der Waals surface area contributed by atoms with E-state index in [1.165, 1.54) is 11.8 Å². The molecule has 1 saturated carbocycles. The minimum atomic E-state index is -1.33. The molecule has 2 amide bonds. The summed E-state index contributed by atoms with van der Waals surface area (Å²) in [4.78, 5) is 36.8. The number of nitrogens with zero attached hydrogens (tertiary/aromatic N) is 1. The number of carboxylic acids is 1. The predicted molar refractivity (Wildman–Crippen MR) is 82.7 cm³/mol. The van der Waals surface area contributed by atoms with Gasteiger partial charge in [-0.2, -0.15) is 0 Å². The monoisotopic (exact) mass is 304 g/mol. The van der Waals surface area contributed by atoms with Gasteiger partial charge in [-0.15, -0.1) is 0 Å². The summed E-state index contributed by atoms with van der Waals surface area (Å²) in [7, 11) is 1.64. The van der Waals surface area contributed by atoms with E-state index < -0.39 is 17.3 Å². The van der Waals surface area contributed by atoms with Gasteiger partial charge in [0.05, 0.1) is 0 Å². The van der Waals surface area contributed by atoms with Crippen molar-refractivity contribution in [2.45, 2.75) is 32.6 Å². The third-order valence-electron chi connectivity index (χ3n) is 4.26. The number of benzene rings is 1. The number of carbonyl (C=O) groups excluding carboxylic acids is 2. The smallest absolute Gasteiger partial charge is 0.319 e. The van der Waals surface area contributed by atoms with Crippen LogP contribution in [-0.4, -0.2) is 29.9 Å². The number of carbonyl (C=O) groups is 3. The van der Waals surface area contributed by atoms with Crippen LogP contribution in [0.4, 0.5) is 11.4 Å². The first-order valence-electron chi connectivity index (χ1n) is 7.26. The van der Waals surface area contributed by atoms with Crippen molar-refractivity contribution in [3.63, 3.8) is 0 Å². The van der Waals surface area contributed by atoms with Crippen LogP contribution in [-0.2, 0) is 14.4 Å². The first kappa shape index (κ1) is 16.0. The van der Waals surface area contributed by atoms with Crippen LogP contribution in [0.5, 0.6) is 0 Å². The van der Waals surface area contributed by atoms with E-state index in [-0.39, 0.29) is 5.91 Å². The van der Waals surface area contributed by atoms with Gasteiger partial charge < -0.3 is 15.3 Å². The predicted octanol–water partition coefficient (Wildman–Crippen LogP) is 2.25. The normalized spacial score (nSPS) is 16.1. The van der Waals surface area contributed by atoms with E-state index in [9.17, 15) is 19.5 Å². The summed E-state index contributed by atoms with van der Waals surface area (Å²) in [6.07, 6.45) is 2.21. The number of amides is 2. The second-order valence-electron chi connectivity index (χ2n) is 5.68. The average Bonchev–Trinajstić information content (AvgIpc) is 2.97. The molecule has 1 fully saturated rings. The first-order chi connectivity index (χ1) is 10.4. The lowest BCUT2D eigenvalue weighted by Crippen LogP contribution is -2.40. The van der Waals surface area contributed by atoms with E-state index >= 15 is 0 Å².